The summed E-state index contributed by atoms with van der Waals surface area (Å²) in [6.07, 6.45) is 0. The van der Waals surface area contributed by atoms with Crippen LogP contribution in [0.2, 0.25) is 0 Å². The van der Waals surface area contributed by atoms with Gasteiger partial charge in [0, 0.05) is 25.7 Å². The maximum absolute atomic E-state index is 9.15. The number of hydrogen-bond donors (Lipinski definition) is 1. The molecule has 0 saturated heterocycles. The lowest BCUT2D eigenvalue weighted by Gasteiger charge is -2.28. The molecule has 0 spiro atoms. The quantitative estimate of drug-likeness (QED) is 0.707. The van der Waals surface area contributed by atoms with Crippen LogP contribution >= 0.6 is 0 Å². The van der Waals surface area contributed by atoms with Gasteiger partial charge >= 0.3 is 0 Å². The molecule has 3 heteroatoms. The van der Waals surface area contributed by atoms with E-state index in [2.05, 4.69) is 57.8 Å². The van der Waals surface area contributed by atoms with Gasteiger partial charge in [0.05, 0.1) is 6.07 Å². The molecule has 1 N–H and O–H groups in total. The minimum absolute atomic E-state index is 0.0625. The van der Waals surface area contributed by atoms with Crippen molar-refractivity contribution in [2.45, 2.75) is 53.6 Å². The Morgan fingerprint density at radius 1 is 0.941 bits per heavy atom. The van der Waals surface area contributed by atoms with Gasteiger partial charge in [-0.05, 0) is 25.7 Å². The van der Waals surface area contributed by atoms with Crippen molar-refractivity contribution >= 4 is 0 Å². The molecule has 0 saturated carbocycles. The van der Waals surface area contributed by atoms with Crippen molar-refractivity contribution < 1.29 is 0 Å². The van der Waals surface area contributed by atoms with Gasteiger partial charge in [-0.3, -0.25) is 5.32 Å². The Morgan fingerprint density at radius 2 is 1.41 bits per heavy atom. The molecule has 0 aliphatic rings. The van der Waals surface area contributed by atoms with E-state index in [0.717, 1.165) is 19.6 Å². The molecule has 17 heavy (non-hydrogen) atoms. The van der Waals surface area contributed by atoms with Crippen molar-refractivity contribution in [2.24, 2.45) is 11.8 Å². The Morgan fingerprint density at radius 3 is 1.71 bits per heavy atom. The van der Waals surface area contributed by atoms with Crippen LogP contribution in [0.4, 0.5) is 0 Å². The van der Waals surface area contributed by atoms with E-state index >= 15 is 0 Å². The zero-order valence-corrected chi connectivity index (χ0v) is 12.3. The molecule has 0 heterocycles. The first-order chi connectivity index (χ1) is 7.85. The van der Waals surface area contributed by atoms with Crippen LogP contribution in [0.25, 0.3) is 0 Å². The Balaban J connectivity index is 4.33. The molecule has 0 aromatic heterocycles. The van der Waals surface area contributed by atoms with Gasteiger partial charge in [-0.1, -0.05) is 27.7 Å². The lowest BCUT2D eigenvalue weighted by Crippen LogP contribution is -2.45. The Bertz CT molecular complexity index is 218. The van der Waals surface area contributed by atoms with Crippen LogP contribution in [-0.4, -0.2) is 36.6 Å². The van der Waals surface area contributed by atoms with E-state index in [1.54, 1.807) is 0 Å². The zero-order valence-electron chi connectivity index (χ0n) is 12.3. The van der Waals surface area contributed by atoms with Crippen LogP contribution in [0.15, 0.2) is 0 Å². The summed E-state index contributed by atoms with van der Waals surface area (Å²) < 4.78 is 0. The molecule has 0 aromatic carbocycles. The van der Waals surface area contributed by atoms with Crippen LogP contribution in [-0.2, 0) is 0 Å². The summed E-state index contributed by atoms with van der Waals surface area (Å²) in [6.45, 7) is 16.0. The molecule has 0 aliphatic heterocycles. The van der Waals surface area contributed by atoms with E-state index in [1.165, 1.54) is 0 Å². The lowest BCUT2D eigenvalue weighted by molar-refractivity contribution is 0.206. The summed E-state index contributed by atoms with van der Waals surface area (Å²) in [6, 6.07) is 2.66. The van der Waals surface area contributed by atoms with Gasteiger partial charge in [0.15, 0.2) is 0 Å². The van der Waals surface area contributed by atoms with Crippen molar-refractivity contribution in [3.05, 3.63) is 0 Å². The first-order valence-electron chi connectivity index (χ1n) is 6.73. The van der Waals surface area contributed by atoms with Gasteiger partial charge < -0.3 is 4.90 Å². The molecule has 0 fully saturated rings. The second kappa shape index (κ2) is 8.49. The predicted octanol–water partition coefficient (Wildman–Crippen LogP) is 2.49. The maximum atomic E-state index is 9.15. The van der Waals surface area contributed by atoms with Crippen molar-refractivity contribution in [1.29, 1.82) is 5.26 Å². The number of nitrogens with one attached hydrogen (secondary N) is 1. The highest BCUT2D eigenvalue weighted by Crippen LogP contribution is 2.05. The van der Waals surface area contributed by atoms with Crippen LogP contribution < -0.4 is 5.32 Å². The fourth-order valence-electron chi connectivity index (χ4n) is 2.05. The molecule has 1 atom stereocenters. The molecule has 0 amide bonds. The molecule has 100 valence electrons. The zero-order chi connectivity index (χ0) is 13.4. The molecular weight excluding hydrogens is 210 g/mol. The first-order valence-corrected chi connectivity index (χ1v) is 6.73. The van der Waals surface area contributed by atoms with E-state index < -0.39 is 0 Å². The monoisotopic (exact) mass is 239 g/mol. The smallest absolute Gasteiger partial charge is 0.108 e. The highest BCUT2D eigenvalue weighted by atomic mass is 15.2. The molecule has 0 aromatic rings. The molecular formula is C14H29N3. The van der Waals surface area contributed by atoms with Crippen molar-refractivity contribution in [2.75, 3.05) is 19.6 Å². The van der Waals surface area contributed by atoms with Crippen LogP contribution in [0, 0.1) is 23.2 Å². The fourth-order valence-corrected chi connectivity index (χ4v) is 2.05. The van der Waals surface area contributed by atoms with Crippen LogP contribution in [0.3, 0.4) is 0 Å². The second-order valence-corrected chi connectivity index (χ2v) is 6.01. The minimum Gasteiger partial charge on any atom is -0.300 e. The summed E-state index contributed by atoms with van der Waals surface area (Å²) in [5.74, 6) is 1.29. The van der Waals surface area contributed by atoms with E-state index in [9.17, 15) is 0 Å². The molecule has 3 nitrogen and oxygen atoms in total. The molecule has 0 bridgehead atoms. The summed E-state index contributed by atoms with van der Waals surface area (Å²) in [5, 5.41) is 12.5. The second-order valence-electron chi connectivity index (χ2n) is 6.01. The normalized spacial score (nSPS) is 13.7. The summed E-state index contributed by atoms with van der Waals surface area (Å²) in [7, 11) is 0. The SMILES string of the molecule is CC(C)CN(CC(C)C)CC(C#N)NC(C)C. The third-order valence-electron chi connectivity index (χ3n) is 2.38. The van der Waals surface area contributed by atoms with Crippen molar-refractivity contribution in [3.63, 3.8) is 0 Å². The van der Waals surface area contributed by atoms with E-state index in [0.29, 0.717) is 17.9 Å². The van der Waals surface area contributed by atoms with Gasteiger partial charge in [0.25, 0.3) is 0 Å². The highest BCUT2D eigenvalue weighted by molar-refractivity contribution is 4.93. The third-order valence-corrected chi connectivity index (χ3v) is 2.38. The van der Waals surface area contributed by atoms with Crippen molar-refractivity contribution in [1.82, 2.24) is 10.2 Å². The minimum atomic E-state index is -0.0625. The summed E-state index contributed by atoms with van der Waals surface area (Å²) in [5.41, 5.74) is 0. The molecule has 0 aliphatic carbocycles. The average molecular weight is 239 g/mol. The summed E-state index contributed by atoms with van der Waals surface area (Å²) in [4.78, 5) is 2.40. The largest absolute Gasteiger partial charge is 0.300 e. The Hall–Kier alpha value is -0.590. The number of rotatable bonds is 8. The standard InChI is InChI=1S/C14H29N3/c1-11(2)8-17(9-12(3)4)10-14(7-15)16-13(5)6/h11-14,16H,8-10H2,1-6H3. The average Bonchev–Trinajstić information content (AvgIpc) is 2.13. The molecule has 1 unspecified atom stereocenters. The van der Waals surface area contributed by atoms with E-state index in [1.807, 2.05) is 0 Å². The predicted molar refractivity (Wildman–Crippen MR) is 73.8 cm³/mol. The van der Waals surface area contributed by atoms with E-state index in [4.69, 9.17) is 5.26 Å². The molecule has 0 radical (unpaired) electrons. The first kappa shape index (κ1) is 16.4. The van der Waals surface area contributed by atoms with E-state index in [-0.39, 0.29) is 6.04 Å². The van der Waals surface area contributed by atoms with Gasteiger partial charge in [-0.15, -0.1) is 0 Å². The number of hydrogen-bond acceptors (Lipinski definition) is 3. The Kier molecular flexibility index (Phi) is 8.20. The lowest BCUT2D eigenvalue weighted by atomic mass is 10.1. The van der Waals surface area contributed by atoms with Gasteiger partial charge in [-0.25, -0.2) is 0 Å². The topological polar surface area (TPSA) is 39.1 Å². The van der Waals surface area contributed by atoms with Gasteiger partial charge in [-0.2, -0.15) is 5.26 Å². The summed E-state index contributed by atoms with van der Waals surface area (Å²) >= 11 is 0. The third kappa shape index (κ3) is 9.14. The van der Waals surface area contributed by atoms with Crippen LogP contribution in [0.1, 0.15) is 41.5 Å². The fraction of sp³-hybridized carbons (Fsp3) is 0.929. The maximum Gasteiger partial charge on any atom is 0.108 e. The van der Waals surface area contributed by atoms with Crippen molar-refractivity contribution in [3.8, 4) is 6.07 Å². The highest BCUT2D eigenvalue weighted by Gasteiger charge is 2.16. The molecule has 0 rings (SSSR count). The van der Waals surface area contributed by atoms with Gasteiger partial charge in [0.2, 0.25) is 0 Å². The van der Waals surface area contributed by atoms with Gasteiger partial charge in [0.1, 0.15) is 6.04 Å². The number of nitriles is 1. The number of nitrogens with zero attached hydrogens (tertiary/aromatic N) is 2. The Labute approximate surface area is 107 Å². The van der Waals surface area contributed by atoms with Crippen LogP contribution in [0.5, 0.6) is 0 Å².